The molecule has 3 aromatic heterocycles. The Morgan fingerprint density at radius 2 is 2.05 bits per heavy atom. The second-order valence-electron chi connectivity index (χ2n) is 9.25. The molecule has 210 valence electrons. The maximum atomic E-state index is 13.8. The number of rotatable bonds is 8. The molecule has 1 aromatic carbocycles. The molecule has 14 heteroatoms. The molecule has 0 radical (unpaired) electrons. The van der Waals surface area contributed by atoms with Crippen molar-refractivity contribution in [2.45, 2.75) is 25.2 Å². The molecule has 1 atom stereocenters. The molecule has 0 amide bonds. The van der Waals surface area contributed by atoms with Crippen LogP contribution >= 0.6 is 11.6 Å². The van der Waals surface area contributed by atoms with Gasteiger partial charge in [-0.15, -0.1) is 0 Å². The van der Waals surface area contributed by atoms with Crippen LogP contribution in [0.5, 0.6) is 5.75 Å². The number of fused-ring (bicyclic) bond motifs is 1. The van der Waals surface area contributed by atoms with Crippen LogP contribution in [-0.4, -0.2) is 55.7 Å². The van der Waals surface area contributed by atoms with E-state index < -0.39 is 11.7 Å². The topological polar surface area (TPSA) is 116 Å². The summed E-state index contributed by atoms with van der Waals surface area (Å²) in [4.78, 5) is 19.0. The average Bonchev–Trinajstić information content (AvgIpc) is 3.52. The Hall–Kier alpha value is -3.94. The zero-order valence-corrected chi connectivity index (χ0v) is 22.4. The van der Waals surface area contributed by atoms with Crippen molar-refractivity contribution in [3.05, 3.63) is 71.0 Å². The number of imidazole rings is 1. The Morgan fingerprint density at radius 3 is 2.73 bits per heavy atom. The van der Waals surface area contributed by atoms with Gasteiger partial charge in [0.05, 0.1) is 24.1 Å². The quantitative estimate of drug-likeness (QED) is 0.288. The maximum absolute atomic E-state index is 13.8. The minimum Gasteiger partial charge on any atom is -0.450 e. The van der Waals surface area contributed by atoms with E-state index in [-0.39, 0.29) is 39.9 Å². The van der Waals surface area contributed by atoms with Crippen molar-refractivity contribution in [1.29, 1.82) is 0 Å². The third-order valence-corrected chi connectivity index (χ3v) is 6.90. The van der Waals surface area contributed by atoms with Gasteiger partial charge in [0.25, 0.3) is 0 Å². The van der Waals surface area contributed by atoms with Crippen LogP contribution in [0, 0.1) is 0 Å². The molecule has 0 saturated carbocycles. The van der Waals surface area contributed by atoms with Gasteiger partial charge in [-0.3, -0.25) is 9.88 Å². The van der Waals surface area contributed by atoms with E-state index in [2.05, 4.69) is 30.2 Å². The molecule has 3 N–H and O–H groups in total. The lowest BCUT2D eigenvalue weighted by atomic mass is 10.1. The monoisotopic (exact) mass is 574 g/mol. The van der Waals surface area contributed by atoms with Gasteiger partial charge < -0.3 is 25.1 Å². The van der Waals surface area contributed by atoms with Gasteiger partial charge in [-0.2, -0.15) is 18.2 Å². The molecule has 0 aliphatic carbocycles. The zero-order chi connectivity index (χ0) is 28.4. The van der Waals surface area contributed by atoms with Crippen LogP contribution in [-0.2, 0) is 24.5 Å². The van der Waals surface area contributed by atoms with E-state index in [0.29, 0.717) is 29.9 Å². The number of pyridine rings is 1. The van der Waals surface area contributed by atoms with Gasteiger partial charge in [-0.1, -0.05) is 11.6 Å². The van der Waals surface area contributed by atoms with Crippen LogP contribution in [0.1, 0.15) is 23.2 Å². The number of nitrogens with two attached hydrogens (primary N) is 1. The Labute approximate surface area is 232 Å². The highest BCUT2D eigenvalue weighted by Gasteiger charge is 2.32. The Bertz CT molecular complexity index is 1540. The fourth-order valence-electron chi connectivity index (χ4n) is 4.55. The highest BCUT2D eigenvalue weighted by Crippen LogP contribution is 2.36. The minimum absolute atomic E-state index is 0.0755. The van der Waals surface area contributed by atoms with Crippen molar-refractivity contribution < 1.29 is 22.6 Å². The fraction of sp³-hybridized carbons (Fsp3) is 0.308. The number of aryl methyl sites for hydroxylation is 1. The van der Waals surface area contributed by atoms with Gasteiger partial charge >= 0.3 is 6.18 Å². The lowest BCUT2D eigenvalue weighted by Gasteiger charge is -2.18. The standard InChI is InChI=1S/C26H26ClF3N8O2/c1-37-23-22(27)21(40-20(10-31)19-11-32-4-5-33-19)12-34-24(23)36-25(37)35-17-8-15(7-16(9-17)26(28,29)30)13-38-6-3-18(14-38)39-2/h4-5,7-12,18H,3,6,13-14,31H2,1-2H3,(H,34,35,36)/t18-/m0/s1. The average molecular weight is 575 g/mol. The zero-order valence-electron chi connectivity index (χ0n) is 21.6. The largest absolute Gasteiger partial charge is 0.450 e. The number of methoxy groups -OCH3 is 1. The van der Waals surface area contributed by atoms with Crippen molar-refractivity contribution in [3.63, 3.8) is 0 Å². The number of nitrogens with one attached hydrogen (secondary N) is 1. The van der Waals surface area contributed by atoms with Crippen LogP contribution < -0.4 is 15.8 Å². The summed E-state index contributed by atoms with van der Waals surface area (Å²) >= 11 is 6.66. The van der Waals surface area contributed by atoms with Crippen LogP contribution in [0.15, 0.2) is 49.2 Å². The van der Waals surface area contributed by atoms with Gasteiger partial charge in [0.15, 0.2) is 17.2 Å². The summed E-state index contributed by atoms with van der Waals surface area (Å²) in [5, 5.41) is 3.19. The van der Waals surface area contributed by atoms with Gasteiger partial charge in [0, 0.05) is 58.1 Å². The predicted octanol–water partition coefficient (Wildman–Crippen LogP) is 4.73. The van der Waals surface area contributed by atoms with Crippen molar-refractivity contribution in [2.24, 2.45) is 12.8 Å². The smallest absolute Gasteiger partial charge is 0.416 e. The second kappa shape index (κ2) is 11.3. The van der Waals surface area contributed by atoms with E-state index in [1.165, 1.54) is 37.1 Å². The number of aromatic nitrogens is 5. The number of hydrogen-bond donors (Lipinski definition) is 2. The SMILES string of the molecule is CO[C@H]1CCN(Cc2cc(Nc3nc4ncc(OC(=CN)c5cnccn5)c(Cl)c4n3C)cc(C(F)(F)F)c2)C1. The molecule has 4 aromatic rings. The normalized spacial score (nSPS) is 16.6. The highest BCUT2D eigenvalue weighted by atomic mass is 35.5. The molecule has 10 nitrogen and oxygen atoms in total. The van der Waals surface area contributed by atoms with Gasteiger partial charge in [-0.25, -0.2) is 9.97 Å². The predicted molar refractivity (Wildman–Crippen MR) is 144 cm³/mol. The first-order valence-electron chi connectivity index (χ1n) is 12.3. The van der Waals surface area contributed by atoms with Gasteiger partial charge in [-0.05, 0) is 30.2 Å². The molecule has 1 aliphatic rings. The third kappa shape index (κ3) is 5.81. The number of hydrogen-bond acceptors (Lipinski definition) is 9. The van der Waals surface area contributed by atoms with Crippen molar-refractivity contribution in [1.82, 2.24) is 29.4 Å². The van der Waals surface area contributed by atoms with Crippen LogP contribution in [0.2, 0.25) is 5.02 Å². The molecule has 1 saturated heterocycles. The van der Waals surface area contributed by atoms with Crippen molar-refractivity contribution in [2.75, 3.05) is 25.5 Å². The van der Waals surface area contributed by atoms with Crippen molar-refractivity contribution in [3.8, 4) is 5.75 Å². The molecule has 0 bridgehead atoms. The van der Waals surface area contributed by atoms with Gasteiger partial charge in [0.2, 0.25) is 5.95 Å². The summed E-state index contributed by atoms with van der Waals surface area (Å²) in [6.45, 7) is 1.76. The van der Waals surface area contributed by atoms with Crippen LogP contribution in [0.3, 0.4) is 0 Å². The second-order valence-corrected chi connectivity index (χ2v) is 9.63. The number of benzene rings is 1. The van der Waals surface area contributed by atoms with Crippen molar-refractivity contribution >= 4 is 40.2 Å². The Balaban J connectivity index is 1.44. The van der Waals surface area contributed by atoms with Gasteiger partial charge in [0.1, 0.15) is 16.2 Å². The lowest BCUT2D eigenvalue weighted by molar-refractivity contribution is -0.137. The maximum Gasteiger partial charge on any atom is 0.416 e. The van der Waals surface area contributed by atoms with E-state index >= 15 is 0 Å². The molecular formula is C26H26ClF3N8O2. The summed E-state index contributed by atoms with van der Waals surface area (Å²) in [5.74, 6) is 0.645. The summed E-state index contributed by atoms with van der Waals surface area (Å²) in [7, 11) is 3.31. The van der Waals surface area contributed by atoms with E-state index in [0.717, 1.165) is 19.0 Å². The summed E-state index contributed by atoms with van der Waals surface area (Å²) in [5.41, 5.74) is 6.78. The number of likely N-dealkylation sites (tertiary alicyclic amines) is 1. The van der Waals surface area contributed by atoms with E-state index in [1.807, 2.05) is 0 Å². The summed E-state index contributed by atoms with van der Waals surface area (Å²) < 4.78 is 54.1. The summed E-state index contributed by atoms with van der Waals surface area (Å²) in [6.07, 6.45) is 3.48. The summed E-state index contributed by atoms with van der Waals surface area (Å²) in [6, 6.07) is 3.90. The van der Waals surface area contributed by atoms with Crippen LogP contribution in [0.25, 0.3) is 16.9 Å². The molecule has 0 spiro atoms. The molecule has 40 heavy (non-hydrogen) atoms. The van der Waals surface area contributed by atoms with Crippen LogP contribution in [0.4, 0.5) is 24.8 Å². The molecule has 0 unspecified atom stereocenters. The first kappa shape index (κ1) is 27.6. The highest BCUT2D eigenvalue weighted by molar-refractivity contribution is 6.36. The lowest BCUT2D eigenvalue weighted by Crippen LogP contribution is -2.22. The Morgan fingerprint density at radius 1 is 1.23 bits per heavy atom. The number of halogens is 4. The first-order valence-corrected chi connectivity index (χ1v) is 12.6. The van der Waals surface area contributed by atoms with E-state index in [4.69, 9.17) is 26.8 Å². The minimum atomic E-state index is -4.52. The number of alkyl halides is 3. The fourth-order valence-corrected chi connectivity index (χ4v) is 4.85. The molecule has 1 aliphatic heterocycles. The first-order chi connectivity index (χ1) is 19.2. The van der Waals surface area contributed by atoms with E-state index in [1.54, 1.807) is 24.8 Å². The molecule has 4 heterocycles. The molecule has 5 rings (SSSR count). The third-order valence-electron chi connectivity index (χ3n) is 6.54. The number of nitrogens with zero attached hydrogens (tertiary/aromatic N) is 6. The molecule has 1 fully saturated rings. The Kier molecular flexibility index (Phi) is 7.79. The molecular weight excluding hydrogens is 549 g/mol. The number of anilines is 2. The van der Waals surface area contributed by atoms with E-state index in [9.17, 15) is 13.2 Å². The number of ether oxygens (including phenoxy) is 2.